The van der Waals surface area contributed by atoms with E-state index in [1.165, 1.54) is 11.5 Å². The molecule has 98 valence electrons. The molecular formula is C17H13NOS. The number of hydrogen-bond donors (Lipinski definition) is 0. The molecule has 20 heavy (non-hydrogen) atoms. The third kappa shape index (κ3) is 2.78. The van der Waals surface area contributed by atoms with Gasteiger partial charge in [0.2, 0.25) is 0 Å². The fourth-order valence-corrected chi connectivity index (χ4v) is 2.78. The van der Waals surface area contributed by atoms with E-state index in [0.717, 1.165) is 16.0 Å². The largest absolute Gasteiger partial charge is 0.268 e. The van der Waals surface area contributed by atoms with Gasteiger partial charge in [-0.3, -0.25) is 4.79 Å². The van der Waals surface area contributed by atoms with Crippen molar-refractivity contribution in [1.29, 1.82) is 0 Å². The summed E-state index contributed by atoms with van der Waals surface area (Å²) in [5.74, 6) is 0. The molecule has 0 bridgehead atoms. The summed E-state index contributed by atoms with van der Waals surface area (Å²) in [6.07, 6.45) is 3.75. The Balaban J connectivity index is 1.91. The zero-order valence-electron chi connectivity index (χ0n) is 10.8. The second-order valence-corrected chi connectivity index (χ2v) is 5.37. The summed E-state index contributed by atoms with van der Waals surface area (Å²) in [7, 11) is 0. The Morgan fingerprint density at radius 3 is 2.25 bits per heavy atom. The Morgan fingerprint density at radius 1 is 0.900 bits per heavy atom. The van der Waals surface area contributed by atoms with E-state index in [9.17, 15) is 4.79 Å². The standard InChI is InChI=1S/C17H13NOS/c19-17-13-16(15-9-5-2-6-10-15)20-18(17)12-11-14-7-3-1-4-8-14/h1-13H/b12-11+. The molecular weight excluding hydrogens is 266 g/mol. The quantitative estimate of drug-likeness (QED) is 0.704. The van der Waals surface area contributed by atoms with Crippen molar-refractivity contribution in [1.82, 2.24) is 3.96 Å². The van der Waals surface area contributed by atoms with Crippen LogP contribution < -0.4 is 5.56 Å². The van der Waals surface area contributed by atoms with Gasteiger partial charge in [-0.1, -0.05) is 72.2 Å². The predicted octanol–water partition coefficient (Wildman–Crippen LogP) is 4.20. The van der Waals surface area contributed by atoms with Gasteiger partial charge in [0.15, 0.2) is 0 Å². The van der Waals surface area contributed by atoms with Crippen molar-refractivity contribution in [2.24, 2.45) is 0 Å². The van der Waals surface area contributed by atoms with Gasteiger partial charge < -0.3 is 0 Å². The van der Waals surface area contributed by atoms with Crippen molar-refractivity contribution in [3.8, 4) is 10.4 Å². The number of aromatic nitrogens is 1. The van der Waals surface area contributed by atoms with Gasteiger partial charge in [-0.25, -0.2) is 3.96 Å². The maximum atomic E-state index is 12.0. The highest BCUT2D eigenvalue weighted by molar-refractivity contribution is 7.10. The normalized spacial score (nSPS) is 11.0. The number of nitrogens with zero attached hydrogens (tertiary/aromatic N) is 1. The lowest BCUT2D eigenvalue weighted by molar-refractivity contribution is 1.23. The molecule has 0 radical (unpaired) electrons. The van der Waals surface area contributed by atoms with E-state index in [2.05, 4.69) is 0 Å². The molecule has 0 aliphatic rings. The Kier molecular flexibility index (Phi) is 3.61. The van der Waals surface area contributed by atoms with Gasteiger partial charge in [0, 0.05) is 12.3 Å². The van der Waals surface area contributed by atoms with Gasteiger partial charge >= 0.3 is 0 Å². The molecule has 1 heterocycles. The van der Waals surface area contributed by atoms with E-state index in [4.69, 9.17) is 0 Å². The summed E-state index contributed by atoms with van der Waals surface area (Å²) in [5, 5.41) is 0. The van der Waals surface area contributed by atoms with Gasteiger partial charge in [0.1, 0.15) is 0 Å². The molecule has 3 heteroatoms. The molecule has 0 saturated carbocycles. The van der Waals surface area contributed by atoms with Crippen LogP contribution >= 0.6 is 11.5 Å². The van der Waals surface area contributed by atoms with Crippen LogP contribution in [0.3, 0.4) is 0 Å². The molecule has 3 aromatic rings. The molecule has 0 amide bonds. The van der Waals surface area contributed by atoms with Crippen LogP contribution in [0.1, 0.15) is 5.56 Å². The van der Waals surface area contributed by atoms with Crippen molar-refractivity contribution in [2.75, 3.05) is 0 Å². The minimum atomic E-state index is 0.000958. The van der Waals surface area contributed by atoms with Crippen molar-refractivity contribution in [2.45, 2.75) is 0 Å². The van der Waals surface area contributed by atoms with Gasteiger partial charge in [-0.05, 0) is 17.2 Å². The average Bonchev–Trinajstić information content (AvgIpc) is 2.88. The van der Waals surface area contributed by atoms with Crippen LogP contribution in [0, 0.1) is 0 Å². The van der Waals surface area contributed by atoms with Crippen molar-refractivity contribution in [3.63, 3.8) is 0 Å². The highest BCUT2D eigenvalue weighted by Gasteiger charge is 2.03. The first kappa shape index (κ1) is 12.6. The van der Waals surface area contributed by atoms with Crippen LogP contribution in [0.25, 0.3) is 22.7 Å². The van der Waals surface area contributed by atoms with Crippen LogP contribution in [0.15, 0.2) is 71.5 Å². The number of benzene rings is 2. The second-order valence-electron chi connectivity index (χ2n) is 4.36. The molecule has 3 rings (SSSR count). The molecule has 2 nitrogen and oxygen atoms in total. The van der Waals surface area contributed by atoms with Crippen molar-refractivity contribution in [3.05, 3.63) is 82.6 Å². The molecule has 0 aliphatic carbocycles. The lowest BCUT2D eigenvalue weighted by Crippen LogP contribution is -2.04. The van der Waals surface area contributed by atoms with E-state index in [1.807, 2.05) is 72.9 Å². The van der Waals surface area contributed by atoms with Crippen molar-refractivity contribution >= 4 is 23.8 Å². The monoisotopic (exact) mass is 279 g/mol. The Morgan fingerprint density at radius 2 is 1.55 bits per heavy atom. The summed E-state index contributed by atoms with van der Waals surface area (Å²) in [6, 6.07) is 21.6. The smallest absolute Gasteiger partial charge is 0.265 e. The lowest BCUT2D eigenvalue weighted by atomic mass is 10.2. The van der Waals surface area contributed by atoms with E-state index < -0.39 is 0 Å². The molecule has 0 atom stereocenters. The molecule has 0 N–H and O–H groups in total. The third-order valence-electron chi connectivity index (χ3n) is 2.93. The van der Waals surface area contributed by atoms with Gasteiger partial charge in [-0.15, -0.1) is 0 Å². The summed E-state index contributed by atoms with van der Waals surface area (Å²) in [4.78, 5) is 12.9. The van der Waals surface area contributed by atoms with E-state index in [-0.39, 0.29) is 5.56 Å². The predicted molar refractivity (Wildman–Crippen MR) is 85.7 cm³/mol. The molecule has 0 aliphatic heterocycles. The molecule has 0 spiro atoms. The highest BCUT2D eigenvalue weighted by atomic mass is 32.1. The van der Waals surface area contributed by atoms with Crippen LogP contribution in [0.5, 0.6) is 0 Å². The van der Waals surface area contributed by atoms with Crippen molar-refractivity contribution < 1.29 is 0 Å². The van der Waals surface area contributed by atoms with Gasteiger partial charge in [-0.2, -0.15) is 0 Å². The van der Waals surface area contributed by atoms with Gasteiger partial charge in [0.25, 0.3) is 5.56 Å². The highest BCUT2D eigenvalue weighted by Crippen LogP contribution is 2.22. The van der Waals surface area contributed by atoms with E-state index >= 15 is 0 Å². The summed E-state index contributed by atoms with van der Waals surface area (Å²) in [6.45, 7) is 0. The number of hydrogen-bond acceptors (Lipinski definition) is 2. The molecule has 2 aromatic carbocycles. The zero-order chi connectivity index (χ0) is 13.8. The molecule has 1 aromatic heterocycles. The molecule has 0 fully saturated rings. The lowest BCUT2D eigenvalue weighted by Gasteiger charge is -1.94. The Labute approximate surface area is 121 Å². The minimum Gasteiger partial charge on any atom is -0.268 e. The van der Waals surface area contributed by atoms with E-state index in [1.54, 1.807) is 10.0 Å². The van der Waals surface area contributed by atoms with Crippen LogP contribution in [0.4, 0.5) is 0 Å². The van der Waals surface area contributed by atoms with Crippen LogP contribution in [-0.2, 0) is 0 Å². The second kappa shape index (κ2) is 5.72. The average molecular weight is 279 g/mol. The summed E-state index contributed by atoms with van der Waals surface area (Å²) >= 11 is 1.45. The zero-order valence-corrected chi connectivity index (χ0v) is 11.6. The molecule has 0 unspecified atom stereocenters. The maximum absolute atomic E-state index is 12.0. The summed E-state index contributed by atoms with van der Waals surface area (Å²) in [5.41, 5.74) is 2.15. The number of rotatable bonds is 3. The summed E-state index contributed by atoms with van der Waals surface area (Å²) < 4.78 is 1.65. The first-order valence-electron chi connectivity index (χ1n) is 6.34. The van der Waals surface area contributed by atoms with E-state index in [0.29, 0.717) is 0 Å². The minimum absolute atomic E-state index is 0.000958. The first-order chi connectivity index (χ1) is 9.83. The van der Waals surface area contributed by atoms with Crippen LogP contribution in [0.2, 0.25) is 0 Å². The fraction of sp³-hybridized carbons (Fsp3) is 0. The third-order valence-corrected chi connectivity index (χ3v) is 3.98. The SMILES string of the molecule is O=c1cc(-c2ccccc2)sn1/C=C/c1ccccc1. The topological polar surface area (TPSA) is 22.0 Å². The van der Waals surface area contributed by atoms with Gasteiger partial charge in [0.05, 0.1) is 4.88 Å². The Hall–Kier alpha value is -2.39. The fourth-order valence-electron chi connectivity index (χ4n) is 1.91. The first-order valence-corrected chi connectivity index (χ1v) is 7.12. The maximum Gasteiger partial charge on any atom is 0.265 e. The Bertz CT molecular complexity index is 770. The van der Waals surface area contributed by atoms with Crippen LogP contribution in [-0.4, -0.2) is 3.96 Å². The molecule has 0 saturated heterocycles.